The van der Waals surface area contributed by atoms with Crippen LogP contribution in [0.25, 0.3) is 11.3 Å². The van der Waals surface area contributed by atoms with E-state index in [1.807, 2.05) is 0 Å². The molecule has 7 heteroatoms. The molecule has 0 amide bonds. The summed E-state index contributed by atoms with van der Waals surface area (Å²) in [6, 6.07) is 13.1. The SMILES string of the molecule is COc1cccc(-c2[nH][nH]c(=O)c2N=Nc2ccccc2F)c1. The molecule has 3 rings (SSSR count). The van der Waals surface area contributed by atoms with Crippen LogP contribution in [0.3, 0.4) is 0 Å². The van der Waals surface area contributed by atoms with E-state index >= 15 is 0 Å². The average molecular weight is 312 g/mol. The summed E-state index contributed by atoms with van der Waals surface area (Å²) < 4.78 is 18.7. The number of azo groups is 1. The summed E-state index contributed by atoms with van der Waals surface area (Å²) in [5.74, 6) is 0.132. The molecule has 0 aliphatic heterocycles. The van der Waals surface area contributed by atoms with Crippen LogP contribution in [-0.2, 0) is 0 Å². The zero-order valence-electron chi connectivity index (χ0n) is 12.2. The summed E-state index contributed by atoms with van der Waals surface area (Å²) in [6.45, 7) is 0. The topological polar surface area (TPSA) is 82.6 Å². The van der Waals surface area contributed by atoms with Gasteiger partial charge >= 0.3 is 0 Å². The van der Waals surface area contributed by atoms with E-state index in [1.54, 1.807) is 43.5 Å². The lowest BCUT2D eigenvalue weighted by Gasteiger charge is -2.02. The van der Waals surface area contributed by atoms with Crippen LogP contribution in [0.1, 0.15) is 0 Å². The van der Waals surface area contributed by atoms with Crippen LogP contribution in [0.15, 0.2) is 63.6 Å². The van der Waals surface area contributed by atoms with Gasteiger partial charge < -0.3 is 4.74 Å². The Morgan fingerprint density at radius 3 is 2.65 bits per heavy atom. The van der Waals surface area contributed by atoms with Gasteiger partial charge in [0, 0.05) is 5.56 Å². The maximum Gasteiger partial charge on any atom is 0.292 e. The minimum atomic E-state index is -0.508. The smallest absolute Gasteiger partial charge is 0.292 e. The van der Waals surface area contributed by atoms with Gasteiger partial charge in [0.2, 0.25) is 0 Å². The van der Waals surface area contributed by atoms with E-state index in [2.05, 4.69) is 20.4 Å². The van der Waals surface area contributed by atoms with E-state index in [-0.39, 0.29) is 11.4 Å². The number of halogens is 1. The molecule has 3 aromatic rings. The van der Waals surface area contributed by atoms with Gasteiger partial charge in [-0.05, 0) is 24.3 Å². The predicted molar refractivity (Wildman–Crippen MR) is 84.0 cm³/mol. The van der Waals surface area contributed by atoms with E-state index in [4.69, 9.17) is 4.74 Å². The van der Waals surface area contributed by atoms with E-state index in [0.29, 0.717) is 17.0 Å². The molecular formula is C16H13FN4O2. The van der Waals surface area contributed by atoms with Crippen LogP contribution >= 0.6 is 0 Å². The summed E-state index contributed by atoms with van der Waals surface area (Å²) in [7, 11) is 1.55. The van der Waals surface area contributed by atoms with Crippen molar-refractivity contribution in [3.8, 4) is 17.0 Å². The molecule has 2 N–H and O–H groups in total. The highest BCUT2D eigenvalue weighted by Crippen LogP contribution is 2.29. The van der Waals surface area contributed by atoms with Crippen molar-refractivity contribution in [1.82, 2.24) is 10.2 Å². The quantitative estimate of drug-likeness (QED) is 0.715. The Morgan fingerprint density at radius 1 is 1.04 bits per heavy atom. The minimum Gasteiger partial charge on any atom is -0.497 e. The van der Waals surface area contributed by atoms with Gasteiger partial charge in [0.15, 0.2) is 11.5 Å². The van der Waals surface area contributed by atoms with Crippen LogP contribution in [-0.4, -0.2) is 17.3 Å². The summed E-state index contributed by atoms with van der Waals surface area (Å²) in [5, 5.41) is 12.9. The maximum absolute atomic E-state index is 13.6. The van der Waals surface area contributed by atoms with Crippen molar-refractivity contribution in [3.05, 3.63) is 64.7 Å². The molecule has 1 aromatic heterocycles. The molecule has 0 saturated heterocycles. The van der Waals surface area contributed by atoms with Crippen LogP contribution < -0.4 is 10.3 Å². The van der Waals surface area contributed by atoms with Crippen molar-refractivity contribution in [1.29, 1.82) is 0 Å². The molecule has 0 saturated carbocycles. The highest BCUT2D eigenvalue weighted by atomic mass is 19.1. The highest BCUT2D eigenvalue weighted by Gasteiger charge is 2.12. The lowest BCUT2D eigenvalue weighted by molar-refractivity contribution is 0.415. The van der Waals surface area contributed by atoms with E-state index in [0.717, 1.165) is 0 Å². The zero-order chi connectivity index (χ0) is 16.2. The number of H-pyrrole nitrogens is 2. The summed E-state index contributed by atoms with van der Waals surface area (Å²) in [5.41, 5.74) is 0.841. The zero-order valence-corrected chi connectivity index (χ0v) is 12.2. The Balaban J connectivity index is 2.02. The van der Waals surface area contributed by atoms with Gasteiger partial charge in [0.1, 0.15) is 11.4 Å². The van der Waals surface area contributed by atoms with Crippen molar-refractivity contribution in [2.45, 2.75) is 0 Å². The molecule has 0 radical (unpaired) electrons. The largest absolute Gasteiger partial charge is 0.497 e. The number of aromatic nitrogens is 2. The molecule has 0 bridgehead atoms. The number of nitrogens with zero attached hydrogens (tertiary/aromatic N) is 2. The predicted octanol–water partition coefficient (Wildman–Crippen LogP) is 3.93. The lowest BCUT2D eigenvalue weighted by atomic mass is 10.1. The van der Waals surface area contributed by atoms with E-state index in [1.165, 1.54) is 12.1 Å². The molecule has 0 unspecified atom stereocenters. The average Bonchev–Trinajstić information content (AvgIpc) is 2.95. The Kier molecular flexibility index (Phi) is 4.01. The number of rotatable bonds is 4. The second-order valence-electron chi connectivity index (χ2n) is 4.69. The van der Waals surface area contributed by atoms with Crippen LogP contribution in [0.5, 0.6) is 5.75 Å². The first-order valence-electron chi connectivity index (χ1n) is 6.80. The Labute approximate surface area is 130 Å². The third-order valence-electron chi connectivity index (χ3n) is 3.22. The fraction of sp³-hybridized carbons (Fsp3) is 0.0625. The molecule has 1 heterocycles. The van der Waals surface area contributed by atoms with Crippen molar-refractivity contribution in [2.24, 2.45) is 10.2 Å². The molecule has 0 fully saturated rings. The molecule has 0 aliphatic carbocycles. The molecule has 0 aliphatic rings. The van der Waals surface area contributed by atoms with Gasteiger partial charge in [-0.1, -0.05) is 24.3 Å². The van der Waals surface area contributed by atoms with E-state index in [9.17, 15) is 9.18 Å². The summed E-state index contributed by atoms with van der Waals surface area (Å²) in [4.78, 5) is 11.9. The standard InChI is InChI=1S/C16H13FN4O2/c1-23-11-6-4-5-10(9-11)14-15(16(22)21-19-14)20-18-13-8-3-2-7-12(13)17/h2-9H,1H3,(H2,19,21,22). The molecule has 2 aromatic carbocycles. The first-order chi connectivity index (χ1) is 11.2. The van der Waals surface area contributed by atoms with Crippen molar-refractivity contribution < 1.29 is 9.13 Å². The van der Waals surface area contributed by atoms with E-state index < -0.39 is 11.4 Å². The van der Waals surface area contributed by atoms with Gasteiger partial charge in [0.05, 0.1) is 12.8 Å². The van der Waals surface area contributed by atoms with Crippen LogP contribution in [0.2, 0.25) is 0 Å². The van der Waals surface area contributed by atoms with Crippen molar-refractivity contribution in [3.63, 3.8) is 0 Å². The second-order valence-corrected chi connectivity index (χ2v) is 4.69. The monoisotopic (exact) mass is 312 g/mol. The first kappa shape index (κ1) is 14.7. The molecule has 0 spiro atoms. The fourth-order valence-corrected chi connectivity index (χ4v) is 2.07. The fourth-order valence-electron chi connectivity index (χ4n) is 2.07. The summed E-state index contributed by atoms with van der Waals surface area (Å²) >= 11 is 0. The van der Waals surface area contributed by atoms with Gasteiger partial charge in [-0.15, -0.1) is 10.2 Å². The van der Waals surface area contributed by atoms with Gasteiger partial charge in [-0.25, -0.2) is 4.39 Å². The van der Waals surface area contributed by atoms with Gasteiger partial charge in [-0.2, -0.15) is 0 Å². The van der Waals surface area contributed by atoms with Gasteiger partial charge in [-0.3, -0.25) is 15.0 Å². The molecule has 23 heavy (non-hydrogen) atoms. The Hall–Kier alpha value is -3.22. The maximum atomic E-state index is 13.6. The summed E-state index contributed by atoms with van der Waals surface area (Å²) in [6.07, 6.45) is 0. The normalized spacial score (nSPS) is 11.0. The minimum absolute atomic E-state index is 0.0599. The number of hydrogen-bond donors (Lipinski definition) is 2. The van der Waals surface area contributed by atoms with Crippen LogP contribution in [0, 0.1) is 5.82 Å². The number of benzene rings is 2. The van der Waals surface area contributed by atoms with Crippen molar-refractivity contribution >= 4 is 11.4 Å². The first-order valence-corrected chi connectivity index (χ1v) is 6.80. The van der Waals surface area contributed by atoms with Crippen molar-refractivity contribution in [2.75, 3.05) is 7.11 Å². The molecule has 0 atom stereocenters. The number of nitrogens with one attached hydrogen (secondary N) is 2. The lowest BCUT2D eigenvalue weighted by Crippen LogP contribution is -1.96. The second kappa shape index (κ2) is 6.27. The number of methoxy groups -OCH3 is 1. The Morgan fingerprint density at radius 2 is 1.87 bits per heavy atom. The molecule has 6 nitrogen and oxygen atoms in total. The third kappa shape index (κ3) is 3.03. The third-order valence-corrected chi connectivity index (χ3v) is 3.22. The number of aromatic amines is 2. The van der Waals surface area contributed by atoms with Crippen LogP contribution in [0.4, 0.5) is 15.8 Å². The molecular weight excluding hydrogens is 299 g/mol. The number of ether oxygens (including phenoxy) is 1. The Bertz CT molecular complexity index is 914. The van der Waals surface area contributed by atoms with Gasteiger partial charge in [0.25, 0.3) is 5.56 Å². The number of hydrogen-bond acceptors (Lipinski definition) is 4. The molecule has 116 valence electrons. The highest BCUT2D eigenvalue weighted by molar-refractivity contribution is 5.72.